The van der Waals surface area contributed by atoms with Crippen LogP contribution in [0.2, 0.25) is 0 Å². The summed E-state index contributed by atoms with van der Waals surface area (Å²) in [6, 6.07) is 12.5. The fraction of sp³-hybridized carbons (Fsp3) is 0.143. The number of aliphatic imine (C=N–C) groups is 1. The van der Waals surface area contributed by atoms with Gasteiger partial charge in [0.05, 0.1) is 24.8 Å². The minimum atomic E-state index is -0.686. The number of aryl methyl sites for hydroxylation is 1. The smallest absolute Gasteiger partial charge is 0.344 e. The molecule has 2 aromatic carbocycles. The molecule has 0 radical (unpaired) electrons. The van der Waals surface area contributed by atoms with E-state index in [2.05, 4.69) is 4.99 Å². The number of rotatable bonds is 4. The molecule has 1 heterocycles. The van der Waals surface area contributed by atoms with E-state index in [1.54, 1.807) is 24.3 Å². The molecule has 0 fully saturated rings. The average molecular weight is 397 g/mol. The number of aliphatic hydroxyl groups is 1. The minimum absolute atomic E-state index is 0.0123. The third-order valence-electron chi connectivity index (χ3n) is 4.08. The Morgan fingerprint density at radius 1 is 1.11 bits per heavy atom. The molecule has 28 heavy (non-hydrogen) atoms. The Morgan fingerprint density at radius 3 is 2.46 bits per heavy atom. The predicted octanol–water partition coefficient (Wildman–Crippen LogP) is 4.51. The Balaban J connectivity index is 2.06. The van der Waals surface area contributed by atoms with E-state index in [0.717, 1.165) is 17.3 Å². The number of aliphatic hydroxyl groups excluding tert-OH is 1. The number of thioether (sulfide) groups is 1. The van der Waals surface area contributed by atoms with Crippen molar-refractivity contribution in [3.8, 4) is 11.5 Å². The van der Waals surface area contributed by atoms with Crippen molar-refractivity contribution in [2.24, 2.45) is 4.99 Å². The van der Waals surface area contributed by atoms with Crippen LogP contribution < -0.4 is 4.74 Å². The van der Waals surface area contributed by atoms with Gasteiger partial charge < -0.3 is 19.7 Å². The van der Waals surface area contributed by atoms with E-state index in [9.17, 15) is 15.0 Å². The molecule has 0 saturated carbocycles. The molecule has 0 amide bonds. The SMILES string of the molecule is COC(=O)C1=C(O)C(=Cc2cccc(OC)c2O)SC1=Nc1ccc(C)cc1. The lowest BCUT2D eigenvalue weighted by molar-refractivity contribution is -0.135. The van der Waals surface area contributed by atoms with Crippen LogP contribution in [0.4, 0.5) is 5.69 Å². The number of phenolic OH excluding ortho intramolecular Hbond substituents is 1. The highest BCUT2D eigenvalue weighted by Crippen LogP contribution is 2.42. The summed E-state index contributed by atoms with van der Waals surface area (Å²) < 4.78 is 9.91. The summed E-state index contributed by atoms with van der Waals surface area (Å²) in [4.78, 5) is 17.1. The largest absolute Gasteiger partial charge is 0.506 e. The zero-order valence-corrected chi connectivity index (χ0v) is 16.4. The first kappa shape index (κ1) is 19.6. The Hall–Kier alpha value is -3.19. The van der Waals surface area contributed by atoms with Gasteiger partial charge in [-0.2, -0.15) is 0 Å². The summed E-state index contributed by atoms with van der Waals surface area (Å²) in [5, 5.41) is 21.2. The molecular weight excluding hydrogens is 378 g/mol. The average Bonchev–Trinajstić information content (AvgIpc) is 2.99. The highest BCUT2D eigenvalue weighted by atomic mass is 32.2. The molecule has 0 aliphatic carbocycles. The first-order valence-corrected chi connectivity index (χ1v) is 9.19. The maximum absolute atomic E-state index is 12.2. The number of ether oxygens (including phenoxy) is 2. The van der Waals surface area contributed by atoms with Crippen LogP contribution in [-0.4, -0.2) is 35.4 Å². The summed E-state index contributed by atoms with van der Waals surface area (Å²) in [5.74, 6) is -0.684. The van der Waals surface area contributed by atoms with Gasteiger partial charge in [-0.3, -0.25) is 0 Å². The normalized spacial score (nSPS) is 16.7. The molecule has 2 N–H and O–H groups in total. The van der Waals surface area contributed by atoms with Crippen LogP contribution in [-0.2, 0) is 9.53 Å². The number of methoxy groups -OCH3 is 2. The molecule has 7 heteroatoms. The maximum atomic E-state index is 12.2. The van der Waals surface area contributed by atoms with Gasteiger partial charge in [0, 0.05) is 5.56 Å². The number of phenols is 1. The fourth-order valence-electron chi connectivity index (χ4n) is 2.59. The third-order valence-corrected chi connectivity index (χ3v) is 5.10. The molecule has 144 valence electrons. The molecule has 3 rings (SSSR count). The van der Waals surface area contributed by atoms with E-state index in [1.807, 2.05) is 31.2 Å². The Labute approximate surface area is 166 Å². The monoisotopic (exact) mass is 397 g/mol. The van der Waals surface area contributed by atoms with Crippen LogP contribution in [0.25, 0.3) is 6.08 Å². The quantitative estimate of drug-likeness (QED) is 0.738. The van der Waals surface area contributed by atoms with E-state index in [1.165, 1.54) is 14.2 Å². The number of aromatic hydroxyl groups is 1. The number of para-hydroxylation sites is 1. The zero-order chi connectivity index (χ0) is 20.3. The van der Waals surface area contributed by atoms with Crippen molar-refractivity contribution in [2.45, 2.75) is 6.92 Å². The third kappa shape index (κ3) is 3.89. The number of carbonyl (C=O) groups is 1. The number of esters is 1. The summed E-state index contributed by atoms with van der Waals surface area (Å²) in [6.07, 6.45) is 1.57. The summed E-state index contributed by atoms with van der Waals surface area (Å²) in [7, 11) is 2.70. The fourth-order valence-corrected chi connectivity index (χ4v) is 3.61. The topological polar surface area (TPSA) is 88.4 Å². The molecule has 0 saturated heterocycles. The summed E-state index contributed by atoms with van der Waals surface area (Å²) in [6.45, 7) is 1.97. The lowest BCUT2D eigenvalue weighted by Gasteiger charge is -2.06. The van der Waals surface area contributed by atoms with Gasteiger partial charge in [-0.15, -0.1) is 0 Å². The Morgan fingerprint density at radius 2 is 1.82 bits per heavy atom. The molecule has 1 aliphatic heterocycles. The van der Waals surface area contributed by atoms with Gasteiger partial charge in [-0.25, -0.2) is 9.79 Å². The summed E-state index contributed by atoms with van der Waals surface area (Å²) in [5.41, 5.74) is 2.16. The van der Waals surface area contributed by atoms with E-state index >= 15 is 0 Å². The van der Waals surface area contributed by atoms with Crippen LogP contribution in [0.15, 0.2) is 63.7 Å². The number of nitrogens with zero attached hydrogens (tertiary/aromatic N) is 1. The lowest BCUT2D eigenvalue weighted by atomic mass is 10.1. The second-order valence-corrected chi connectivity index (χ2v) is 7.01. The maximum Gasteiger partial charge on any atom is 0.344 e. The van der Waals surface area contributed by atoms with Crippen molar-refractivity contribution >= 4 is 34.5 Å². The van der Waals surface area contributed by atoms with Gasteiger partial charge in [0.2, 0.25) is 0 Å². The second-order valence-electron chi connectivity index (χ2n) is 5.98. The van der Waals surface area contributed by atoms with Crippen molar-refractivity contribution in [1.82, 2.24) is 0 Å². The predicted molar refractivity (Wildman–Crippen MR) is 110 cm³/mol. The van der Waals surface area contributed by atoms with E-state index in [0.29, 0.717) is 26.9 Å². The van der Waals surface area contributed by atoms with Crippen molar-refractivity contribution in [3.05, 3.63) is 69.8 Å². The van der Waals surface area contributed by atoms with E-state index in [-0.39, 0.29) is 17.1 Å². The van der Waals surface area contributed by atoms with Crippen LogP contribution in [0.1, 0.15) is 11.1 Å². The lowest BCUT2D eigenvalue weighted by Crippen LogP contribution is -2.10. The highest BCUT2D eigenvalue weighted by molar-refractivity contribution is 8.18. The van der Waals surface area contributed by atoms with Crippen LogP contribution in [0.5, 0.6) is 11.5 Å². The van der Waals surface area contributed by atoms with Gasteiger partial charge in [0.15, 0.2) is 11.5 Å². The van der Waals surface area contributed by atoms with Gasteiger partial charge in [0.1, 0.15) is 16.4 Å². The molecule has 0 bridgehead atoms. The number of benzene rings is 2. The van der Waals surface area contributed by atoms with Gasteiger partial charge in [-0.1, -0.05) is 41.6 Å². The number of carbonyl (C=O) groups excluding carboxylic acids is 1. The van der Waals surface area contributed by atoms with Crippen LogP contribution in [0.3, 0.4) is 0 Å². The number of hydrogen-bond donors (Lipinski definition) is 2. The minimum Gasteiger partial charge on any atom is -0.506 e. The zero-order valence-electron chi connectivity index (χ0n) is 15.6. The van der Waals surface area contributed by atoms with E-state index < -0.39 is 5.97 Å². The summed E-state index contributed by atoms with van der Waals surface area (Å²) >= 11 is 1.12. The molecule has 6 nitrogen and oxygen atoms in total. The van der Waals surface area contributed by atoms with Crippen molar-refractivity contribution in [3.63, 3.8) is 0 Å². The standard InChI is InChI=1S/C21H19NO5S/c1-12-7-9-14(10-8-12)22-20-17(21(25)27-3)19(24)16(28-20)11-13-5-4-6-15(26-2)18(13)23/h4-11,23-24H,1-3H3. The molecule has 0 unspecified atom stereocenters. The Bertz CT molecular complexity index is 1010. The highest BCUT2D eigenvalue weighted by Gasteiger charge is 2.33. The molecule has 0 spiro atoms. The molecule has 1 aliphatic rings. The molecule has 0 atom stereocenters. The van der Waals surface area contributed by atoms with Gasteiger partial charge >= 0.3 is 5.97 Å². The molecule has 2 aromatic rings. The van der Waals surface area contributed by atoms with Crippen molar-refractivity contribution in [1.29, 1.82) is 0 Å². The van der Waals surface area contributed by atoms with E-state index in [4.69, 9.17) is 9.47 Å². The number of hydrogen-bond acceptors (Lipinski definition) is 7. The van der Waals surface area contributed by atoms with Crippen LogP contribution >= 0.6 is 11.8 Å². The molecule has 0 aromatic heterocycles. The van der Waals surface area contributed by atoms with Crippen molar-refractivity contribution < 1.29 is 24.5 Å². The first-order valence-electron chi connectivity index (χ1n) is 8.37. The van der Waals surface area contributed by atoms with Gasteiger partial charge in [-0.05, 0) is 31.2 Å². The Kier molecular flexibility index (Phi) is 5.75. The van der Waals surface area contributed by atoms with Gasteiger partial charge in [0.25, 0.3) is 0 Å². The second kappa shape index (κ2) is 8.22. The molecular formula is C21H19NO5S. The van der Waals surface area contributed by atoms with Crippen molar-refractivity contribution in [2.75, 3.05) is 14.2 Å². The van der Waals surface area contributed by atoms with Crippen LogP contribution in [0, 0.1) is 6.92 Å². The first-order chi connectivity index (χ1) is 13.4.